The van der Waals surface area contributed by atoms with Gasteiger partial charge in [0.25, 0.3) is 0 Å². The Labute approximate surface area is 226 Å². The Hall–Kier alpha value is -2.30. The molecule has 6 atom stereocenters. The number of esters is 1. The molecule has 0 bridgehead atoms. The molecule has 0 aromatic heterocycles. The molecule has 1 aromatic carbocycles. The van der Waals surface area contributed by atoms with Gasteiger partial charge >= 0.3 is 12.1 Å². The van der Waals surface area contributed by atoms with Crippen LogP contribution in [0.2, 0.25) is 0 Å². The molecule has 1 aliphatic carbocycles. The Morgan fingerprint density at radius 1 is 1.30 bits per heavy atom. The zero-order valence-electron chi connectivity index (χ0n) is 21.8. The van der Waals surface area contributed by atoms with Crippen molar-refractivity contribution in [2.24, 2.45) is 5.41 Å². The van der Waals surface area contributed by atoms with E-state index >= 15 is 0 Å². The number of halogens is 1. The van der Waals surface area contributed by atoms with Gasteiger partial charge in [-0.05, 0) is 31.0 Å². The van der Waals surface area contributed by atoms with E-state index < -0.39 is 40.6 Å². The van der Waals surface area contributed by atoms with Gasteiger partial charge in [0.2, 0.25) is 0 Å². The zero-order valence-corrected chi connectivity index (χ0v) is 23.4. The summed E-state index contributed by atoms with van der Waals surface area (Å²) in [5.74, 6) is 0.270. The highest BCUT2D eigenvalue weighted by Crippen LogP contribution is 2.67. The first kappa shape index (κ1) is 26.3. The standard InChI is InChI=1S/C27H36BrN3O6/c1-5-25-9-6-12-31-13-10-26(21(25)31)19-8-7-18(35-4)15-20(19)30(3)22(26)27(34,23(25)37-17(2)32)16-29-24(33)36-14-11-28/h6-9,15,21-23,34H,5,10-14,16H2,1-4H3,(H,29,33)/t21-,22+,23+,25+,26+,27-/m0/s1. The van der Waals surface area contributed by atoms with E-state index in [1.807, 2.05) is 19.2 Å². The van der Waals surface area contributed by atoms with Crippen molar-refractivity contribution in [2.45, 2.75) is 55.9 Å². The minimum atomic E-state index is -1.62. The number of benzene rings is 1. The second kappa shape index (κ2) is 9.47. The van der Waals surface area contributed by atoms with E-state index in [-0.39, 0.29) is 19.2 Å². The van der Waals surface area contributed by atoms with Crippen LogP contribution in [0.1, 0.15) is 32.3 Å². The average molecular weight is 579 g/mol. The summed E-state index contributed by atoms with van der Waals surface area (Å²) in [6.45, 7) is 5.20. The van der Waals surface area contributed by atoms with Crippen LogP contribution in [0.3, 0.4) is 0 Å². The summed E-state index contributed by atoms with van der Waals surface area (Å²) in [5.41, 5.74) is -0.596. The van der Waals surface area contributed by atoms with Gasteiger partial charge in [0.05, 0.1) is 19.7 Å². The van der Waals surface area contributed by atoms with Crippen molar-refractivity contribution in [3.05, 3.63) is 35.9 Å². The van der Waals surface area contributed by atoms with Crippen LogP contribution in [0.15, 0.2) is 30.4 Å². The van der Waals surface area contributed by atoms with Gasteiger partial charge in [-0.1, -0.05) is 41.1 Å². The molecule has 202 valence electrons. The molecule has 1 amide bonds. The van der Waals surface area contributed by atoms with E-state index in [9.17, 15) is 14.7 Å². The van der Waals surface area contributed by atoms with Crippen molar-refractivity contribution in [2.75, 3.05) is 50.6 Å². The summed E-state index contributed by atoms with van der Waals surface area (Å²) in [6, 6.07) is 5.64. The molecule has 9 nitrogen and oxygen atoms in total. The van der Waals surface area contributed by atoms with Gasteiger partial charge in [-0.2, -0.15) is 0 Å². The Kier molecular flexibility index (Phi) is 6.73. The first-order valence-electron chi connectivity index (χ1n) is 12.9. The quantitative estimate of drug-likeness (QED) is 0.290. The normalized spacial score (nSPS) is 35.4. The van der Waals surface area contributed by atoms with E-state index in [1.54, 1.807) is 7.11 Å². The van der Waals surface area contributed by atoms with Gasteiger partial charge in [-0.15, -0.1) is 0 Å². The lowest BCUT2D eigenvalue weighted by atomic mass is 9.47. The topological polar surface area (TPSA) is 101 Å². The number of ether oxygens (including phenoxy) is 3. The first-order valence-corrected chi connectivity index (χ1v) is 14.0. The second-order valence-electron chi connectivity index (χ2n) is 10.6. The number of rotatable bonds is 7. The minimum absolute atomic E-state index is 0.00192. The van der Waals surface area contributed by atoms with Crippen molar-refractivity contribution in [1.29, 1.82) is 0 Å². The number of hydrogen-bond acceptors (Lipinski definition) is 8. The molecule has 1 spiro atoms. The van der Waals surface area contributed by atoms with Gasteiger partial charge in [-0.25, -0.2) is 4.79 Å². The third-order valence-electron chi connectivity index (χ3n) is 9.04. The number of methoxy groups -OCH3 is 1. The number of fused-ring (bicyclic) bond motifs is 1. The predicted molar refractivity (Wildman–Crippen MR) is 142 cm³/mol. The number of alkyl halides is 1. The number of nitrogens with one attached hydrogen (secondary N) is 1. The van der Waals surface area contributed by atoms with Crippen LogP contribution in [0, 0.1) is 5.41 Å². The molecule has 0 radical (unpaired) electrons. The van der Waals surface area contributed by atoms with Crippen molar-refractivity contribution in [3.8, 4) is 5.75 Å². The van der Waals surface area contributed by atoms with Crippen molar-refractivity contribution >= 4 is 33.7 Å². The first-order chi connectivity index (χ1) is 17.7. The monoisotopic (exact) mass is 577 g/mol. The van der Waals surface area contributed by atoms with Gasteiger partial charge < -0.3 is 29.5 Å². The summed E-state index contributed by atoms with van der Waals surface area (Å²) in [5, 5.41) is 16.2. The molecule has 1 aromatic rings. The highest BCUT2D eigenvalue weighted by molar-refractivity contribution is 9.09. The third-order valence-corrected chi connectivity index (χ3v) is 9.37. The summed E-state index contributed by atoms with van der Waals surface area (Å²) >= 11 is 3.26. The van der Waals surface area contributed by atoms with E-state index in [0.717, 1.165) is 36.5 Å². The number of carbonyl (C=O) groups is 2. The maximum Gasteiger partial charge on any atom is 0.407 e. The third kappa shape index (κ3) is 3.62. The van der Waals surface area contributed by atoms with Crippen LogP contribution in [0.5, 0.6) is 5.75 Å². The number of likely N-dealkylation sites (N-methyl/N-ethyl adjacent to an activating group) is 1. The number of aliphatic hydroxyl groups is 1. The molecule has 0 unspecified atom stereocenters. The molecule has 3 heterocycles. The second-order valence-corrected chi connectivity index (χ2v) is 11.4. The molecule has 3 aliphatic heterocycles. The molecule has 2 N–H and O–H groups in total. The van der Waals surface area contributed by atoms with Crippen LogP contribution in [-0.2, 0) is 19.7 Å². The Bertz CT molecular complexity index is 1120. The number of nitrogens with zero attached hydrogens (tertiary/aromatic N) is 2. The Morgan fingerprint density at radius 2 is 2.08 bits per heavy atom. The highest BCUT2D eigenvalue weighted by Gasteiger charge is 2.77. The van der Waals surface area contributed by atoms with Gasteiger partial charge in [0, 0.05) is 54.5 Å². The van der Waals surface area contributed by atoms with Crippen LogP contribution in [0.25, 0.3) is 0 Å². The molecule has 2 fully saturated rings. The van der Waals surface area contributed by atoms with Crippen LogP contribution < -0.4 is 15.0 Å². The fourth-order valence-corrected chi connectivity index (χ4v) is 8.20. The lowest BCUT2D eigenvalue weighted by Gasteiger charge is -2.64. The van der Waals surface area contributed by atoms with Crippen molar-refractivity contribution in [3.63, 3.8) is 0 Å². The van der Waals surface area contributed by atoms with E-state index in [2.05, 4.69) is 56.2 Å². The number of amides is 1. The SMILES string of the molecule is CC[C@]12C=CCN3CC[C@@]4(c5ccc(OC)cc5N(C)[C@H]4[C@@](O)(CNC(=O)OCCBr)[C@@H]1OC(C)=O)[C@@H]32. The van der Waals surface area contributed by atoms with Crippen LogP contribution in [-0.4, -0.2) is 91.6 Å². The van der Waals surface area contributed by atoms with Crippen LogP contribution in [0.4, 0.5) is 10.5 Å². The van der Waals surface area contributed by atoms with Crippen molar-refractivity contribution in [1.82, 2.24) is 10.2 Å². The zero-order chi connectivity index (χ0) is 26.6. The molecular weight excluding hydrogens is 542 g/mol. The number of hydrogen-bond donors (Lipinski definition) is 2. The van der Waals surface area contributed by atoms with Crippen LogP contribution >= 0.6 is 15.9 Å². The molecule has 10 heteroatoms. The lowest BCUT2D eigenvalue weighted by molar-refractivity contribution is -0.217. The largest absolute Gasteiger partial charge is 0.497 e. The van der Waals surface area contributed by atoms with E-state index in [0.29, 0.717) is 11.8 Å². The highest BCUT2D eigenvalue weighted by atomic mass is 79.9. The maximum absolute atomic E-state index is 12.9. The minimum Gasteiger partial charge on any atom is -0.497 e. The molecule has 37 heavy (non-hydrogen) atoms. The molecule has 1 saturated carbocycles. The molecule has 1 saturated heterocycles. The summed E-state index contributed by atoms with van der Waals surface area (Å²) in [6.07, 6.45) is 4.25. The van der Waals surface area contributed by atoms with E-state index in [4.69, 9.17) is 14.2 Å². The van der Waals surface area contributed by atoms with Gasteiger partial charge in [-0.3, -0.25) is 9.69 Å². The fraction of sp³-hybridized carbons (Fsp3) is 0.630. The average Bonchev–Trinajstić information content (AvgIpc) is 3.40. The van der Waals surface area contributed by atoms with E-state index in [1.165, 1.54) is 6.92 Å². The number of anilines is 1. The van der Waals surface area contributed by atoms with Gasteiger partial charge in [0.15, 0.2) is 0 Å². The lowest BCUT2D eigenvalue weighted by Crippen LogP contribution is -2.81. The Balaban J connectivity index is 1.72. The fourth-order valence-electron chi connectivity index (χ4n) is 8.04. The summed E-state index contributed by atoms with van der Waals surface area (Å²) in [7, 11) is 3.61. The molecular formula is C27H36BrN3O6. The summed E-state index contributed by atoms with van der Waals surface area (Å²) < 4.78 is 16.9. The Morgan fingerprint density at radius 3 is 2.76 bits per heavy atom. The number of carbonyl (C=O) groups excluding carboxylic acids is 2. The molecule has 5 rings (SSSR count). The molecule has 4 aliphatic rings. The van der Waals surface area contributed by atoms with Gasteiger partial charge in [0.1, 0.15) is 24.1 Å². The summed E-state index contributed by atoms with van der Waals surface area (Å²) in [4.78, 5) is 29.7. The number of alkyl carbamates (subject to hydrolysis) is 1. The smallest absolute Gasteiger partial charge is 0.407 e. The van der Waals surface area contributed by atoms with Crippen molar-refractivity contribution < 1.29 is 28.9 Å². The predicted octanol–water partition coefficient (Wildman–Crippen LogP) is 2.59. The maximum atomic E-state index is 12.9.